The maximum absolute atomic E-state index is 8.13. The Bertz CT molecular complexity index is 125. The molecule has 13 heavy (non-hydrogen) atoms. The molecule has 2 heteroatoms. The molecule has 0 bridgehead atoms. The summed E-state index contributed by atoms with van der Waals surface area (Å²) >= 11 is 0. The number of allylic oxidation sites excluding steroid dienone is 2. The first-order valence-electron chi connectivity index (χ1n) is 5.19. The Hall–Kier alpha value is -0.790. The molecule has 0 heterocycles. The summed E-state index contributed by atoms with van der Waals surface area (Å²) in [5.74, 6) is 0. The lowest BCUT2D eigenvalue weighted by Gasteiger charge is -1.97. The number of hydrogen-bond acceptors (Lipinski definition) is 2. The number of unbranched alkanes of at least 4 members (excludes halogenated alkanes) is 6. The van der Waals surface area contributed by atoms with Gasteiger partial charge in [-0.15, -0.1) is 5.16 Å². The predicted molar refractivity (Wildman–Crippen MR) is 57.4 cm³/mol. The van der Waals surface area contributed by atoms with E-state index in [0.29, 0.717) is 0 Å². The second-order valence-electron chi connectivity index (χ2n) is 3.21. The van der Waals surface area contributed by atoms with Crippen molar-refractivity contribution in [3.05, 3.63) is 12.2 Å². The fourth-order valence-electron chi connectivity index (χ4n) is 1.25. The smallest absolute Gasteiger partial charge is 0.0435 e. The predicted octanol–water partition coefficient (Wildman–Crippen LogP) is 3.75. The van der Waals surface area contributed by atoms with Crippen LogP contribution in [0, 0.1) is 0 Å². The largest absolute Gasteiger partial charge is 0.411 e. The van der Waals surface area contributed by atoms with Crippen molar-refractivity contribution >= 4 is 6.21 Å². The molecule has 0 aliphatic heterocycles. The summed E-state index contributed by atoms with van der Waals surface area (Å²) in [6.45, 7) is 2.06. The van der Waals surface area contributed by atoms with Crippen molar-refractivity contribution in [1.82, 2.24) is 0 Å². The van der Waals surface area contributed by atoms with E-state index in [2.05, 4.69) is 24.2 Å². The first kappa shape index (κ1) is 12.2. The van der Waals surface area contributed by atoms with Gasteiger partial charge in [0.05, 0.1) is 0 Å². The van der Waals surface area contributed by atoms with Gasteiger partial charge in [0, 0.05) is 6.21 Å². The van der Waals surface area contributed by atoms with Gasteiger partial charge in [0.2, 0.25) is 0 Å². The molecule has 0 saturated heterocycles. The number of oxime groups is 1. The Morgan fingerprint density at radius 3 is 2.23 bits per heavy atom. The molecule has 0 unspecified atom stereocenters. The third-order valence-corrected chi connectivity index (χ3v) is 2.02. The summed E-state index contributed by atoms with van der Waals surface area (Å²) in [6, 6.07) is 0. The molecule has 0 atom stereocenters. The van der Waals surface area contributed by atoms with Crippen molar-refractivity contribution in [2.24, 2.45) is 5.16 Å². The third kappa shape index (κ3) is 11.2. The van der Waals surface area contributed by atoms with E-state index in [1.807, 2.05) is 0 Å². The molecule has 0 aromatic heterocycles. The molecular weight excluding hydrogens is 162 g/mol. The fraction of sp³-hybridized carbons (Fsp3) is 0.727. The van der Waals surface area contributed by atoms with Gasteiger partial charge in [-0.25, -0.2) is 0 Å². The van der Waals surface area contributed by atoms with Crippen LogP contribution in [0.4, 0.5) is 0 Å². The molecule has 0 amide bonds. The Kier molecular flexibility index (Phi) is 10.5. The topological polar surface area (TPSA) is 32.6 Å². The molecule has 0 aliphatic rings. The van der Waals surface area contributed by atoms with E-state index in [1.165, 1.54) is 32.1 Å². The van der Waals surface area contributed by atoms with Gasteiger partial charge in [-0.05, 0) is 32.6 Å². The maximum Gasteiger partial charge on any atom is 0.0435 e. The van der Waals surface area contributed by atoms with Crippen LogP contribution < -0.4 is 0 Å². The molecule has 1 N–H and O–H groups in total. The minimum absolute atomic E-state index is 0.908. The van der Waals surface area contributed by atoms with Gasteiger partial charge in [-0.2, -0.15) is 0 Å². The lowest BCUT2D eigenvalue weighted by atomic mass is 10.1. The first-order chi connectivity index (χ1) is 6.41. The van der Waals surface area contributed by atoms with E-state index in [4.69, 9.17) is 5.21 Å². The summed E-state index contributed by atoms with van der Waals surface area (Å²) < 4.78 is 0. The Balaban J connectivity index is 2.91. The maximum atomic E-state index is 8.13. The standard InChI is InChI=1S/C11H21NO/c1-2-3-4-5-6-7-8-9-10-11-12-13/h2-3,11,13H,4-10H2,1H3. The minimum atomic E-state index is 0.908. The van der Waals surface area contributed by atoms with Crippen LogP contribution in [0.3, 0.4) is 0 Å². The van der Waals surface area contributed by atoms with Crippen LogP contribution in [-0.4, -0.2) is 11.4 Å². The summed E-state index contributed by atoms with van der Waals surface area (Å²) in [6.07, 6.45) is 14.3. The van der Waals surface area contributed by atoms with Crippen molar-refractivity contribution in [1.29, 1.82) is 0 Å². The van der Waals surface area contributed by atoms with Crippen molar-refractivity contribution in [2.45, 2.75) is 51.9 Å². The first-order valence-corrected chi connectivity index (χ1v) is 5.19. The van der Waals surface area contributed by atoms with Gasteiger partial charge in [0.15, 0.2) is 0 Å². The SMILES string of the molecule is CC=CCCCCCCCC=NO. The van der Waals surface area contributed by atoms with Crippen LogP contribution >= 0.6 is 0 Å². The van der Waals surface area contributed by atoms with Gasteiger partial charge in [0.25, 0.3) is 0 Å². The lowest BCUT2D eigenvalue weighted by molar-refractivity contribution is 0.320. The average Bonchev–Trinajstić information content (AvgIpc) is 2.16. The van der Waals surface area contributed by atoms with Gasteiger partial charge in [-0.1, -0.05) is 31.4 Å². The normalized spacial score (nSPS) is 11.8. The molecule has 0 aromatic rings. The highest BCUT2D eigenvalue weighted by Gasteiger charge is 1.88. The summed E-state index contributed by atoms with van der Waals surface area (Å²) in [7, 11) is 0. The number of nitrogens with zero attached hydrogens (tertiary/aromatic N) is 1. The highest BCUT2D eigenvalue weighted by molar-refractivity contribution is 5.55. The summed E-state index contributed by atoms with van der Waals surface area (Å²) in [5, 5.41) is 11.1. The summed E-state index contributed by atoms with van der Waals surface area (Å²) in [4.78, 5) is 0. The van der Waals surface area contributed by atoms with E-state index in [1.54, 1.807) is 6.21 Å². The monoisotopic (exact) mass is 183 g/mol. The summed E-state index contributed by atoms with van der Waals surface area (Å²) in [5.41, 5.74) is 0. The third-order valence-electron chi connectivity index (χ3n) is 2.02. The number of hydrogen-bond donors (Lipinski definition) is 1. The molecule has 0 aromatic carbocycles. The Morgan fingerprint density at radius 1 is 1.00 bits per heavy atom. The zero-order chi connectivity index (χ0) is 9.78. The van der Waals surface area contributed by atoms with Gasteiger partial charge in [0.1, 0.15) is 0 Å². The van der Waals surface area contributed by atoms with Crippen molar-refractivity contribution < 1.29 is 5.21 Å². The van der Waals surface area contributed by atoms with Crippen LogP contribution in [0.1, 0.15) is 51.9 Å². The van der Waals surface area contributed by atoms with E-state index < -0.39 is 0 Å². The van der Waals surface area contributed by atoms with Crippen LogP contribution in [0.5, 0.6) is 0 Å². The van der Waals surface area contributed by atoms with E-state index in [9.17, 15) is 0 Å². The van der Waals surface area contributed by atoms with Gasteiger partial charge < -0.3 is 5.21 Å². The van der Waals surface area contributed by atoms with Crippen LogP contribution in [0.25, 0.3) is 0 Å². The molecular formula is C11H21NO. The number of rotatable bonds is 8. The van der Waals surface area contributed by atoms with Gasteiger partial charge in [-0.3, -0.25) is 0 Å². The van der Waals surface area contributed by atoms with E-state index in [-0.39, 0.29) is 0 Å². The zero-order valence-corrected chi connectivity index (χ0v) is 8.58. The van der Waals surface area contributed by atoms with Crippen LogP contribution in [0.2, 0.25) is 0 Å². The highest BCUT2D eigenvalue weighted by Crippen LogP contribution is 2.06. The fourth-order valence-corrected chi connectivity index (χ4v) is 1.25. The van der Waals surface area contributed by atoms with E-state index >= 15 is 0 Å². The molecule has 0 radical (unpaired) electrons. The molecule has 2 nitrogen and oxygen atoms in total. The van der Waals surface area contributed by atoms with Crippen molar-refractivity contribution in [3.63, 3.8) is 0 Å². The second-order valence-corrected chi connectivity index (χ2v) is 3.21. The molecule has 0 saturated carbocycles. The Morgan fingerprint density at radius 2 is 1.62 bits per heavy atom. The average molecular weight is 183 g/mol. The van der Waals surface area contributed by atoms with Crippen molar-refractivity contribution in [2.75, 3.05) is 0 Å². The minimum Gasteiger partial charge on any atom is -0.411 e. The van der Waals surface area contributed by atoms with E-state index in [0.717, 1.165) is 12.8 Å². The van der Waals surface area contributed by atoms with Gasteiger partial charge >= 0.3 is 0 Å². The highest BCUT2D eigenvalue weighted by atomic mass is 16.4. The second kappa shape index (κ2) is 11.2. The molecule has 76 valence electrons. The Labute approximate surface area is 81.3 Å². The van der Waals surface area contributed by atoms with Crippen molar-refractivity contribution in [3.8, 4) is 0 Å². The molecule has 0 aliphatic carbocycles. The lowest BCUT2D eigenvalue weighted by Crippen LogP contribution is -1.80. The van der Waals surface area contributed by atoms with Crippen LogP contribution in [0.15, 0.2) is 17.3 Å². The quantitative estimate of drug-likeness (QED) is 0.201. The molecule has 0 spiro atoms. The molecule has 0 rings (SSSR count). The molecule has 0 fully saturated rings. The van der Waals surface area contributed by atoms with Crippen LogP contribution in [-0.2, 0) is 0 Å². The zero-order valence-electron chi connectivity index (χ0n) is 8.58.